The van der Waals surface area contributed by atoms with E-state index in [-0.39, 0.29) is 0 Å². The molecule has 0 aromatic heterocycles. The number of alkyl halides is 3. The van der Waals surface area contributed by atoms with Gasteiger partial charge in [-0.2, -0.15) is 8.78 Å². The zero-order valence-corrected chi connectivity index (χ0v) is 6.79. The highest BCUT2D eigenvalue weighted by molar-refractivity contribution is 9.10. The van der Waals surface area contributed by atoms with Crippen molar-refractivity contribution < 1.29 is 8.78 Å². The van der Waals surface area contributed by atoms with E-state index >= 15 is 0 Å². The molecule has 0 aromatic carbocycles. The van der Waals surface area contributed by atoms with E-state index in [0.717, 1.165) is 12.5 Å². The Morgan fingerprint density at radius 3 is 2.44 bits per heavy atom. The lowest BCUT2D eigenvalue weighted by atomic mass is 10.3. The van der Waals surface area contributed by atoms with Crippen LogP contribution in [-0.2, 0) is 0 Å². The summed E-state index contributed by atoms with van der Waals surface area (Å²) in [7, 11) is 0. The number of allylic oxidation sites excluding steroid dienone is 2. The highest BCUT2D eigenvalue weighted by Gasteiger charge is 2.17. The molecule has 0 fully saturated rings. The Morgan fingerprint density at radius 1 is 1.56 bits per heavy atom. The van der Waals surface area contributed by atoms with E-state index in [0.29, 0.717) is 6.42 Å². The van der Waals surface area contributed by atoms with Crippen LogP contribution in [0.2, 0.25) is 0 Å². The predicted molar refractivity (Wildman–Crippen MR) is 37.9 cm³/mol. The Balaban J connectivity index is 3.45. The van der Waals surface area contributed by atoms with Gasteiger partial charge in [-0.15, -0.1) is 0 Å². The standard InChI is InChI=1S/C6H9BrF2/c1-2-3-4-5-6(7,8)9/h4-5H,2-3H2,1H3. The van der Waals surface area contributed by atoms with E-state index in [2.05, 4.69) is 15.9 Å². The van der Waals surface area contributed by atoms with Gasteiger partial charge in [-0.1, -0.05) is 19.4 Å². The highest BCUT2D eigenvalue weighted by atomic mass is 79.9. The molecule has 0 radical (unpaired) electrons. The number of rotatable bonds is 3. The molecule has 3 heteroatoms. The zero-order chi connectivity index (χ0) is 7.33. The summed E-state index contributed by atoms with van der Waals surface area (Å²) in [5.74, 6) is 0. The van der Waals surface area contributed by atoms with E-state index in [1.807, 2.05) is 6.92 Å². The summed E-state index contributed by atoms with van der Waals surface area (Å²) >= 11 is 2.19. The average Bonchev–Trinajstić information content (AvgIpc) is 1.63. The zero-order valence-electron chi connectivity index (χ0n) is 5.20. The van der Waals surface area contributed by atoms with E-state index in [4.69, 9.17) is 0 Å². The van der Waals surface area contributed by atoms with Gasteiger partial charge in [0.1, 0.15) is 0 Å². The second-order valence-electron chi connectivity index (χ2n) is 1.73. The minimum atomic E-state index is -2.82. The maximum absolute atomic E-state index is 11.9. The molecule has 0 aliphatic heterocycles. The van der Waals surface area contributed by atoms with Crippen LogP contribution < -0.4 is 0 Å². The smallest absolute Gasteiger partial charge is 0.189 e. The first kappa shape index (κ1) is 9.08. The van der Waals surface area contributed by atoms with Crippen molar-refractivity contribution in [2.24, 2.45) is 0 Å². The Kier molecular flexibility index (Phi) is 4.02. The minimum absolute atomic E-state index is 0.710. The van der Waals surface area contributed by atoms with Crippen LogP contribution in [0.4, 0.5) is 8.78 Å². The molecule has 0 bridgehead atoms. The third-order valence-electron chi connectivity index (χ3n) is 0.762. The fourth-order valence-electron chi connectivity index (χ4n) is 0.384. The Morgan fingerprint density at radius 2 is 2.11 bits per heavy atom. The molecule has 0 spiro atoms. The van der Waals surface area contributed by atoms with Gasteiger partial charge in [0.15, 0.2) is 0 Å². The second-order valence-corrected chi connectivity index (χ2v) is 2.79. The van der Waals surface area contributed by atoms with Crippen molar-refractivity contribution in [3.05, 3.63) is 12.2 Å². The lowest BCUT2D eigenvalue weighted by molar-refractivity contribution is 0.171. The summed E-state index contributed by atoms with van der Waals surface area (Å²) in [6.07, 6.45) is 3.94. The molecule has 0 atom stereocenters. The number of halogens is 3. The minimum Gasteiger partial charge on any atom is -0.189 e. The SMILES string of the molecule is CCCC=CC(F)(F)Br. The molecule has 0 aliphatic rings. The van der Waals surface area contributed by atoms with Crippen molar-refractivity contribution in [2.45, 2.75) is 24.6 Å². The van der Waals surface area contributed by atoms with Crippen LogP contribution in [0, 0.1) is 0 Å². The maximum Gasteiger partial charge on any atom is 0.319 e. The van der Waals surface area contributed by atoms with Crippen molar-refractivity contribution in [1.82, 2.24) is 0 Å². The quantitative estimate of drug-likeness (QED) is 0.483. The van der Waals surface area contributed by atoms with Gasteiger partial charge in [0.25, 0.3) is 0 Å². The maximum atomic E-state index is 11.9. The molecule has 0 rings (SSSR count). The van der Waals surface area contributed by atoms with Crippen LogP contribution in [0.15, 0.2) is 12.2 Å². The van der Waals surface area contributed by atoms with Gasteiger partial charge in [0, 0.05) is 0 Å². The third kappa shape index (κ3) is 8.08. The molecule has 54 valence electrons. The molecule has 0 saturated carbocycles. The number of hydrogen-bond acceptors (Lipinski definition) is 0. The second kappa shape index (κ2) is 3.99. The summed E-state index contributed by atoms with van der Waals surface area (Å²) in [5, 5.41) is 0. The first-order valence-corrected chi connectivity index (χ1v) is 3.60. The molecule has 0 nitrogen and oxygen atoms in total. The fourth-order valence-corrected chi connectivity index (χ4v) is 0.571. The van der Waals surface area contributed by atoms with Crippen molar-refractivity contribution >= 4 is 15.9 Å². The molecular formula is C6H9BrF2. The summed E-state index contributed by atoms with van der Waals surface area (Å²) in [6, 6.07) is 0. The molecule has 9 heavy (non-hydrogen) atoms. The number of hydrogen-bond donors (Lipinski definition) is 0. The van der Waals surface area contributed by atoms with E-state index in [1.165, 1.54) is 6.08 Å². The Hall–Kier alpha value is 0.0800. The van der Waals surface area contributed by atoms with Gasteiger partial charge in [0.2, 0.25) is 0 Å². The molecule has 0 aromatic rings. The first-order valence-electron chi connectivity index (χ1n) is 2.80. The molecule has 0 N–H and O–H groups in total. The van der Waals surface area contributed by atoms with Crippen LogP contribution in [0.25, 0.3) is 0 Å². The molecule has 0 unspecified atom stereocenters. The van der Waals surface area contributed by atoms with Crippen LogP contribution in [0.3, 0.4) is 0 Å². The summed E-state index contributed by atoms with van der Waals surface area (Å²) in [5.41, 5.74) is 0. The van der Waals surface area contributed by atoms with Gasteiger partial charge >= 0.3 is 4.83 Å². The van der Waals surface area contributed by atoms with Crippen LogP contribution in [0.1, 0.15) is 19.8 Å². The lowest BCUT2D eigenvalue weighted by Crippen LogP contribution is -1.96. The fraction of sp³-hybridized carbons (Fsp3) is 0.667. The average molecular weight is 199 g/mol. The van der Waals surface area contributed by atoms with Gasteiger partial charge < -0.3 is 0 Å². The molecule has 0 amide bonds. The van der Waals surface area contributed by atoms with Gasteiger partial charge in [0.05, 0.1) is 0 Å². The number of unbranched alkanes of at least 4 members (excludes halogenated alkanes) is 1. The van der Waals surface area contributed by atoms with Crippen molar-refractivity contribution in [3.8, 4) is 0 Å². The largest absolute Gasteiger partial charge is 0.319 e. The van der Waals surface area contributed by atoms with Gasteiger partial charge in [-0.05, 0) is 28.4 Å². The molecule has 0 aliphatic carbocycles. The normalized spacial score (nSPS) is 12.9. The van der Waals surface area contributed by atoms with Crippen LogP contribution >= 0.6 is 15.9 Å². The Labute approximate surface area is 62.1 Å². The summed E-state index contributed by atoms with van der Waals surface area (Å²) in [6.45, 7) is 1.94. The topological polar surface area (TPSA) is 0 Å². The van der Waals surface area contributed by atoms with Crippen LogP contribution in [-0.4, -0.2) is 4.83 Å². The lowest BCUT2D eigenvalue weighted by Gasteiger charge is -1.97. The highest BCUT2D eigenvalue weighted by Crippen LogP contribution is 2.22. The van der Waals surface area contributed by atoms with Crippen molar-refractivity contribution in [2.75, 3.05) is 0 Å². The van der Waals surface area contributed by atoms with Crippen molar-refractivity contribution in [1.29, 1.82) is 0 Å². The first-order chi connectivity index (χ1) is 4.06. The predicted octanol–water partition coefficient (Wildman–Crippen LogP) is 3.33. The van der Waals surface area contributed by atoms with Crippen molar-refractivity contribution in [3.63, 3.8) is 0 Å². The van der Waals surface area contributed by atoms with Crippen LogP contribution in [0.5, 0.6) is 0 Å². The monoisotopic (exact) mass is 198 g/mol. The molecule has 0 heterocycles. The van der Waals surface area contributed by atoms with E-state index in [1.54, 1.807) is 0 Å². The van der Waals surface area contributed by atoms with E-state index in [9.17, 15) is 8.78 Å². The molecular weight excluding hydrogens is 190 g/mol. The summed E-state index contributed by atoms with van der Waals surface area (Å²) in [4.78, 5) is -2.82. The Bertz CT molecular complexity index is 93.7. The van der Waals surface area contributed by atoms with E-state index < -0.39 is 4.83 Å². The van der Waals surface area contributed by atoms with Gasteiger partial charge in [-0.3, -0.25) is 0 Å². The molecule has 0 saturated heterocycles. The summed E-state index contributed by atoms with van der Waals surface area (Å²) < 4.78 is 23.8. The third-order valence-corrected chi connectivity index (χ3v) is 1.03. The van der Waals surface area contributed by atoms with Gasteiger partial charge in [-0.25, -0.2) is 0 Å².